The van der Waals surface area contributed by atoms with E-state index in [0.717, 1.165) is 10.6 Å². The number of fused-ring (bicyclic) bond motifs is 1. The van der Waals surface area contributed by atoms with Gasteiger partial charge in [0.25, 0.3) is 5.56 Å². The Labute approximate surface area is 139 Å². The van der Waals surface area contributed by atoms with E-state index in [0.29, 0.717) is 0 Å². The summed E-state index contributed by atoms with van der Waals surface area (Å²) < 4.78 is 41.2. The van der Waals surface area contributed by atoms with E-state index in [1.807, 2.05) is 0 Å². The summed E-state index contributed by atoms with van der Waals surface area (Å²) in [6.45, 7) is 0. The molecule has 1 aromatic heterocycles. The Hall–Kier alpha value is -3.09. The van der Waals surface area contributed by atoms with Crippen LogP contribution < -0.4 is 5.56 Å². The highest BCUT2D eigenvalue weighted by atomic mass is 19.4. The fourth-order valence-corrected chi connectivity index (χ4v) is 2.94. The highest BCUT2D eigenvalue weighted by Gasteiger charge is 2.35. The van der Waals surface area contributed by atoms with Gasteiger partial charge in [-0.3, -0.25) is 4.79 Å². The number of rotatable bonds is 2. The number of benzene rings is 2. The molecule has 0 amide bonds. The van der Waals surface area contributed by atoms with Crippen LogP contribution in [0.2, 0.25) is 0 Å². The third-order valence-corrected chi connectivity index (χ3v) is 4.01. The highest BCUT2D eigenvalue weighted by Crippen LogP contribution is 2.40. The van der Waals surface area contributed by atoms with Gasteiger partial charge in [0.1, 0.15) is 5.69 Å². The van der Waals surface area contributed by atoms with Crippen LogP contribution >= 0.6 is 0 Å². The first kappa shape index (κ1) is 16.8. The molecule has 0 spiro atoms. The molecule has 3 rings (SSSR count). The summed E-state index contributed by atoms with van der Waals surface area (Å²) in [5, 5.41) is 9.87. The largest absolute Gasteiger partial charge is 0.477 e. The monoisotopic (exact) mass is 347 g/mol. The lowest BCUT2D eigenvalue weighted by Crippen LogP contribution is -2.25. The summed E-state index contributed by atoms with van der Waals surface area (Å²) in [6, 6.07) is 10.8. The van der Waals surface area contributed by atoms with Gasteiger partial charge in [-0.2, -0.15) is 13.2 Å². The second kappa shape index (κ2) is 5.77. The van der Waals surface area contributed by atoms with Crippen molar-refractivity contribution in [2.45, 2.75) is 6.18 Å². The molecule has 0 atom stereocenters. The van der Waals surface area contributed by atoms with Crippen LogP contribution in [0.5, 0.6) is 0 Å². The Balaban J connectivity index is 2.58. The number of hydrogen-bond donors (Lipinski definition) is 1. The number of carboxylic acid groups (broad SMARTS) is 1. The first-order chi connectivity index (χ1) is 11.7. The molecule has 3 aromatic rings. The first-order valence-corrected chi connectivity index (χ1v) is 7.25. The predicted molar refractivity (Wildman–Crippen MR) is 86.6 cm³/mol. The topological polar surface area (TPSA) is 59.3 Å². The standard InChI is InChI=1S/C18H12F3NO3/c1-22-15(17(24)25)14(10-6-2-3-7-11(10)16(22)23)12-8-4-5-9-13(12)18(19,20)21/h2-9H,1H3,(H,24,25). The van der Waals surface area contributed by atoms with Gasteiger partial charge in [-0.25, -0.2) is 4.79 Å². The van der Waals surface area contributed by atoms with Gasteiger partial charge < -0.3 is 9.67 Å². The molecule has 0 saturated carbocycles. The van der Waals surface area contributed by atoms with Gasteiger partial charge in [0, 0.05) is 18.0 Å². The van der Waals surface area contributed by atoms with E-state index < -0.39 is 29.0 Å². The van der Waals surface area contributed by atoms with Crippen LogP contribution in [0, 0.1) is 0 Å². The maximum absolute atomic E-state index is 13.4. The normalized spacial score (nSPS) is 11.7. The number of pyridine rings is 1. The van der Waals surface area contributed by atoms with E-state index >= 15 is 0 Å². The van der Waals surface area contributed by atoms with Gasteiger partial charge in [0.05, 0.1) is 5.56 Å². The maximum Gasteiger partial charge on any atom is 0.417 e. The van der Waals surface area contributed by atoms with Gasteiger partial charge >= 0.3 is 12.1 Å². The molecule has 0 aliphatic carbocycles. The average molecular weight is 347 g/mol. The molecule has 0 radical (unpaired) electrons. The molecule has 2 aromatic carbocycles. The molecule has 25 heavy (non-hydrogen) atoms. The van der Waals surface area contributed by atoms with Gasteiger partial charge in [-0.15, -0.1) is 0 Å². The number of nitrogens with zero attached hydrogens (tertiary/aromatic N) is 1. The van der Waals surface area contributed by atoms with E-state index in [-0.39, 0.29) is 21.9 Å². The van der Waals surface area contributed by atoms with Crippen LogP contribution in [0.25, 0.3) is 21.9 Å². The lowest BCUT2D eigenvalue weighted by Gasteiger charge is -2.18. The van der Waals surface area contributed by atoms with Crippen LogP contribution in [-0.4, -0.2) is 15.6 Å². The van der Waals surface area contributed by atoms with Crippen molar-refractivity contribution in [3.8, 4) is 11.1 Å². The average Bonchev–Trinajstić information content (AvgIpc) is 2.57. The molecule has 1 N–H and O–H groups in total. The van der Waals surface area contributed by atoms with Crippen molar-refractivity contribution in [2.24, 2.45) is 7.05 Å². The van der Waals surface area contributed by atoms with Crippen LogP contribution in [0.3, 0.4) is 0 Å². The van der Waals surface area contributed by atoms with Crippen LogP contribution in [0.15, 0.2) is 53.3 Å². The smallest absolute Gasteiger partial charge is 0.417 e. The zero-order chi connectivity index (χ0) is 18.4. The second-order valence-electron chi connectivity index (χ2n) is 5.48. The van der Waals surface area contributed by atoms with Gasteiger partial charge in [0.15, 0.2) is 0 Å². The molecule has 0 bridgehead atoms. The summed E-state index contributed by atoms with van der Waals surface area (Å²) in [5.41, 5.74) is -2.43. The molecule has 128 valence electrons. The summed E-state index contributed by atoms with van der Waals surface area (Å²) >= 11 is 0. The zero-order valence-corrected chi connectivity index (χ0v) is 13.0. The third kappa shape index (κ3) is 2.67. The third-order valence-electron chi connectivity index (χ3n) is 4.01. The summed E-state index contributed by atoms with van der Waals surface area (Å²) in [4.78, 5) is 24.1. The van der Waals surface area contributed by atoms with Crippen molar-refractivity contribution in [3.05, 3.63) is 70.1 Å². The Morgan fingerprint density at radius 1 is 1.00 bits per heavy atom. The van der Waals surface area contributed by atoms with E-state index in [2.05, 4.69) is 0 Å². The molecule has 0 fully saturated rings. The quantitative estimate of drug-likeness (QED) is 0.764. The van der Waals surface area contributed by atoms with Crippen molar-refractivity contribution in [1.29, 1.82) is 0 Å². The predicted octanol–water partition coefficient (Wildman–Crippen LogP) is 3.92. The molecule has 0 unspecified atom stereocenters. The van der Waals surface area contributed by atoms with Crippen LogP contribution in [0.1, 0.15) is 16.1 Å². The van der Waals surface area contributed by atoms with E-state index in [1.54, 1.807) is 12.1 Å². The Kier molecular flexibility index (Phi) is 3.87. The second-order valence-corrected chi connectivity index (χ2v) is 5.48. The van der Waals surface area contributed by atoms with Crippen molar-refractivity contribution in [1.82, 2.24) is 4.57 Å². The minimum atomic E-state index is -4.66. The Bertz CT molecular complexity index is 1050. The van der Waals surface area contributed by atoms with Crippen molar-refractivity contribution in [2.75, 3.05) is 0 Å². The first-order valence-electron chi connectivity index (χ1n) is 7.25. The van der Waals surface area contributed by atoms with E-state index in [4.69, 9.17) is 0 Å². The molecular weight excluding hydrogens is 335 g/mol. The number of aromatic carboxylic acids is 1. The minimum Gasteiger partial charge on any atom is -0.477 e. The fourth-order valence-electron chi connectivity index (χ4n) is 2.94. The lowest BCUT2D eigenvalue weighted by molar-refractivity contribution is -0.137. The SMILES string of the molecule is Cn1c(C(=O)O)c(-c2ccccc2C(F)(F)F)c2ccccc2c1=O. The maximum atomic E-state index is 13.4. The number of carbonyl (C=O) groups is 1. The number of alkyl halides is 3. The molecule has 1 heterocycles. The number of halogens is 3. The number of aromatic nitrogens is 1. The Morgan fingerprint density at radius 2 is 1.56 bits per heavy atom. The summed E-state index contributed by atoms with van der Waals surface area (Å²) in [6.07, 6.45) is -4.66. The van der Waals surface area contributed by atoms with Crippen LogP contribution in [0.4, 0.5) is 13.2 Å². The van der Waals surface area contributed by atoms with Crippen LogP contribution in [-0.2, 0) is 13.2 Å². The molecule has 0 aliphatic heterocycles. The molecule has 7 heteroatoms. The van der Waals surface area contributed by atoms with Crippen molar-refractivity contribution >= 4 is 16.7 Å². The molecule has 0 saturated heterocycles. The highest BCUT2D eigenvalue weighted by molar-refractivity contribution is 6.06. The fraction of sp³-hybridized carbons (Fsp3) is 0.111. The molecule has 4 nitrogen and oxygen atoms in total. The van der Waals surface area contributed by atoms with E-state index in [1.165, 1.54) is 37.4 Å². The van der Waals surface area contributed by atoms with E-state index in [9.17, 15) is 27.9 Å². The lowest BCUT2D eigenvalue weighted by atomic mass is 9.93. The van der Waals surface area contributed by atoms with Gasteiger partial charge in [-0.1, -0.05) is 36.4 Å². The molecule has 0 aliphatic rings. The molecular formula is C18H12F3NO3. The van der Waals surface area contributed by atoms with Crippen molar-refractivity contribution < 1.29 is 23.1 Å². The van der Waals surface area contributed by atoms with Gasteiger partial charge in [0.2, 0.25) is 0 Å². The minimum absolute atomic E-state index is 0.127. The summed E-state index contributed by atoms with van der Waals surface area (Å²) in [7, 11) is 1.23. The Morgan fingerprint density at radius 3 is 2.16 bits per heavy atom. The number of hydrogen-bond acceptors (Lipinski definition) is 2. The number of carboxylic acids is 1. The summed E-state index contributed by atoms with van der Waals surface area (Å²) in [5.74, 6) is -1.47. The van der Waals surface area contributed by atoms with Crippen molar-refractivity contribution in [3.63, 3.8) is 0 Å². The van der Waals surface area contributed by atoms with Gasteiger partial charge in [-0.05, 0) is 23.1 Å². The zero-order valence-electron chi connectivity index (χ0n) is 13.0.